The molecule has 0 saturated carbocycles. The number of H-pyrrole nitrogens is 1. The summed E-state index contributed by atoms with van der Waals surface area (Å²) in [5.41, 5.74) is 15.9. The van der Waals surface area contributed by atoms with Gasteiger partial charge in [-0.1, -0.05) is 83.9 Å². The van der Waals surface area contributed by atoms with Crippen LogP contribution < -0.4 is 21.5 Å². The third kappa shape index (κ3) is 5.36. The van der Waals surface area contributed by atoms with E-state index in [0.29, 0.717) is 6.54 Å². The highest BCUT2D eigenvalue weighted by Gasteiger charge is 2.15. The Labute approximate surface area is 200 Å². The van der Waals surface area contributed by atoms with Crippen LogP contribution in [0.5, 0.6) is 0 Å². The van der Waals surface area contributed by atoms with Crippen molar-refractivity contribution in [2.24, 2.45) is 0 Å². The zero-order valence-corrected chi connectivity index (χ0v) is 19.5. The first-order valence-corrected chi connectivity index (χ1v) is 11.6. The van der Waals surface area contributed by atoms with Crippen LogP contribution in [-0.4, -0.2) is 16.4 Å². The molecule has 1 aliphatic heterocycles. The lowest BCUT2D eigenvalue weighted by molar-refractivity contribution is 0.492. The Balaban J connectivity index is 1.15. The lowest BCUT2D eigenvalue weighted by Gasteiger charge is -2.12. The molecule has 5 rings (SSSR count). The van der Waals surface area contributed by atoms with Crippen molar-refractivity contribution >= 4 is 11.5 Å². The molecule has 1 aliphatic rings. The summed E-state index contributed by atoms with van der Waals surface area (Å²) in [5, 5.41) is 14.5. The van der Waals surface area contributed by atoms with Gasteiger partial charge in [0.25, 0.3) is 0 Å². The van der Waals surface area contributed by atoms with Gasteiger partial charge in [-0.25, -0.2) is 5.43 Å². The monoisotopic (exact) mass is 450 g/mol. The van der Waals surface area contributed by atoms with E-state index in [2.05, 4.69) is 124 Å². The lowest BCUT2D eigenvalue weighted by atomic mass is 10.1. The van der Waals surface area contributed by atoms with Crippen molar-refractivity contribution in [1.29, 1.82) is 0 Å². The Morgan fingerprint density at radius 2 is 1.47 bits per heavy atom. The van der Waals surface area contributed by atoms with E-state index in [4.69, 9.17) is 0 Å². The number of aromatic nitrogens is 2. The first kappa shape index (κ1) is 21.9. The molecule has 4 aromatic rings. The summed E-state index contributed by atoms with van der Waals surface area (Å²) in [4.78, 5) is 0. The molecule has 0 bridgehead atoms. The van der Waals surface area contributed by atoms with E-state index in [9.17, 15) is 0 Å². The number of aryl methyl sites for hydroxylation is 2. The lowest BCUT2D eigenvalue weighted by Crippen LogP contribution is -2.41. The normalized spacial score (nSPS) is 15.1. The van der Waals surface area contributed by atoms with E-state index in [1.165, 1.54) is 27.8 Å². The molecular formula is C28H30N6. The van der Waals surface area contributed by atoms with Gasteiger partial charge in [-0.05, 0) is 42.2 Å². The van der Waals surface area contributed by atoms with Crippen molar-refractivity contribution in [1.82, 2.24) is 26.4 Å². The van der Waals surface area contributed by atoms with Gasteiger partial charge < -0.3 is 10.7 Å². The predicted molar refractivity (Wildman–Crippen MR) is 139 cm³/mol. The maximum absolute atomic E-state index is 4.41. The van der Waals surface area contributed by atoms with Crippen molar-refractivity contribution in [3.63, 3.8) is 0 Å². The van der Waals surface area contributed by atoms with Crippen molar-refractivity contribution in [2.45, 2.75) is 33.1 Å². The van der Waals surface area contributed by atoms with Crippen molar-refractivity contribution < 1.29 is 0 Å². The zero-order chi connectivity index (χ0) is 23.3. The summed E-state index contributed by atoms with van der Waals surface area (Å²) in [7, 11) is 0. The first-order chi connectivity index (χ1) is 16.6. The highest BCUT2D eigenvalue weighted by atomic mass is 15.4. The minimum Gasteiger partial charge on any atom is -0.365 e. The molecule has 0 saturated heterocycles. The SMILES string of the molecule is Cc1ccc(C2=CC(NCc3cccc(CNc4cc(-c5ccc(C)cc5)[nH]n4)c3)NN2)cc1. The van der Waals surface area contributed by atoms with E-state index in [1.807, 2.05) is 6.07 Å². The average molecular weight is 451 g/mol. The maximum Gasteiger partial charge on any atom is 0.148 e. The molecule has 5 N–H and O–H groups in total. The van der Waals surface area contributed by atoms with Crippen LogP contribution >= 0.6 is 0 Å². The largest absolute Gasteiger partial charge is 0.365 e. The number of hydrogen-bond donors (Lipinski definition) is 5. The van der Waals surface area contributed by atoms with Crippen LogP contribution in [-0.2, 0) is 13.1 Å². The van der Waals surface area contributed by atoms with Gasteiger partial charge in [-0.3, -0.25) is 10.4 Å². The van der Waals surface area contributed by atoms with Gasteiger partial charge >= 0.3 is 0 Å². The second-order valence-electron chi connectivity index (χ2n) is 8.78. The standard InChI is InChI=1S/C28H30N6/c1-19-6-10-23(11-7-19)25-15-27(33-31-25)29-17-21-4-3-5-22(14-21)18-30-28-16-26(32-34-28)24-12-8-20(2)9-13-24/h3-16,27,29,31,33H,17-18H2,1-2H3,(H2,30,32,34). The van der Waals surface area contributed by atoms with Crippen molar-refractivity contribution in [3.05, 3.63) is 113 Å². The molecule has 1 unspecified atom stereocenters. The number of rotatable bonds is 8. The smallest absolute Gasteiger partial charge is 0.148 e. The second kappa shape index (κ2) is 9.95. The molecule has 0 fully saturated rings. The van der Waals surface area contributed by atoms with Crippen LogP contribution in [0.1, 0.15) is 27.8 Å². The average Bonchev–Trinajstić information content (AvgIpc) is 3.53. The van der Waals surface area contributed by atoms with Crippen LogP contribution in [0.3, 0.4) is 0 Å². The second-order valence-corrected chi connectivity index (χ2v) is 8.78. The number of anilines is 1. The van der Waals surface area contributed by atoms with E-state index >= 15 is 0 Å². The topological polar surface area (TPSA) is 76.8 Å². The summed E-state index contributed by atoms with van der Waals surface area (Å²) in [6, 6.07) is 27.6. The third-order valence-electron chi connectivity index (χ3n) is 5.99. The molecule has 1 atom stereocenters. The fraction of sp³-hybridized carbons (Fsp3) is 0.179. The first-order valence-electron chi connectivity index (χ1n) is 11.6. The van der Waals surface area contributed by atoms with E-state index < -0.39 is 0 Å². The van der Waals surface area contributed by atoms with Gasteiger partial charge in [0.15, 0.2) is 0 Å². The molecule has 6 nitrogen and oxygen atoms in total. The number of aromatic amines is 1. The van der Waals surface area contributed by atoms with Gasteiger partial charge in [0, 0.05) is 19.2 Å². The molecule has 1 aromatic heterocycles. The molecule has 0 aliphatic carbocycles. The Morgan fingerprint density at radius 1 is 0.794 bits per heavy atom. The minimum absolute atomic E-state index is 0.0716. The Bertz CT molecular complexity index is 1270. The molecule has 0 radical (unpaired) electrons. The minimum atomic E-state index is 0.0716. The van der Waals surface area contributed by atoms with E-state index in [-0.39, 0.29) is 6.17 Å². The highest BCUT2D eigenvalue weighted by molar-refractivity contribution is 5.66. The molecule has 0 spiro atoms. The molecule has 6 heteroatoms. The summed E-state index contributed by atoms with van der Waals surface area (Å²) in [6.07, 6.45) is 2.25. The molecule has 34 heavy (non-hydrogen) atoms. The van der Waals surface area contributed by atoms with Gasteiger partial charge in [0.05, 0.1) is 17.6 Å². The van der Waals surface area contributed by atoms with Gasteiger partial charge in [-0.2, -0.15) is 5.10 Å². The van der Waals surface area contributed by atoms with Crippen LogP contribution in [0, 0.1) is 13.8 Å². The van der Waals surface area contributed by atoms with Gasteiger partial charge in [-0.15, -0.1) is 0 Å². The fourth-order valence-electron chi connectivity index (χ4n) is 3.98. The molecule has 0 amide bonds. The van der Waals surface area contributed by atoms with Crippen LogP contribution in [0.4, 0.5) is 5.82 Å². The Kier molecular flexibility index (Phi) is 6.42. The van der Waals surface area contributed by atoms with Crippen LogP contribution in [0.15, 0.2) is 84.9 Å². The number of benzene rings is 3. The van der Waals surface area contributed by atoms with Gasteiger partial charge in [0.2, 0.25) is 0 Å². The number of hydrogen-bond acceptors (Lipinski definition) is 5. The molecule has 172 valence electrons. The quantitative estimate of drug-likeness (QED) is 0.265. The predicted octanol–water partition coefficient (Wildman–Crippen LogP) is 4.87. The molecule has 3 aromatic carbocycles. The highest BCUT2D eigenvalue weighted by Crippen LogP contribution is 2.21. The maximum atomic E-state index is 4.41. The molecule has 2 heterocycles. The van der Waals surface area contributed by atoms with Crippen molar-refractivity contribution in [2.75, 3.05) is 5.32 Å². The van der Waals surface area contributed by atoms with E-state index in [1.54, 1.807) is 0 Å². The molecular weight excluding hydrogens is 420 g/mol. The van der Waals surface area contributed by atoms with Gasteiger partial charge in [0.1, 0.15) is 5.82 Å². The van der Waals surface area contributed by atoms with Crippen LogP contribution in [0.2, 0.25) is 0 Å². The van der Waals surface area contributed by atoms with E-state index in [0.717, 1.165) is 29.3 Å². The summed E-state index contributed by atoms with van der Waals surface area (Å²) < 4.78 is 0. The van der Waals surface area contributed by atoms with Crippen molar-refractivity contribution in [3.8, 4) is 11.3 Å². The fourth-order valence-corrected chi connectivity index (χ4v) is 3.98. The Morgan fingerprint density at radius 3 is 2.21 bits per heavy atom. The number of hydrazine groups is 1. The van der Waals surface area contributed by atoms with Crippen LogP contribution in [0.25, 0.3) is 17.0 Å². The summed E-state index contributed by atoms with van der Waals surface area (Å²) >= 11 is 0. The zero-order valence-electron chi connectivity index (χ0n) is 19.5. The third-order valence-corrected chi connectivity index (χ3v) is 5.99. The Hall–Kier alpha value is -3.87. The summed E-state index contributed by atoms with van der Waals surface area (Å²) in [5.74, 6) is 0.842. The summed E-state index contributed by atoms with van der Waals surface area (Å²) in [6.45, 7) is 5.68. The number of nitrogens with one attached hydrogen (secondary N) is 5. The number of nitrogens with zero attached hydrogens (tertiary/aromatic N) is 1.